The van der Waals surface area contributed by atoms with Gasteiger partial charge in [0.25, 0.3) is 0 Å². The molecule has 0 aliphatic carbocycles. The van der Waals surface area contributed by atoms with Crippen molar-refractivity contribution in [2.45, 2.75) is 19.8 Å². The molecule has 6 heteroatoms. The Balaban J connectivity index is 2.53. The molecule has 6 nitrogen and oxygen atoms in total. The molecule has 2 rings (SSSR count). The number of esters is 2. The standard InChI is InChI=1S/C16H16N2O4/c1-3-21-15(19)14(16(20)22-4-2)12-9-18-13-6-5-10(8-17)7-11(12)13/h5-7,9,14,18H,3-4H2,1-2H3. The van der Waals surface area contributed by atoms with Crippen molar-refractivity contribution in [3.63, 3.8) is 0 Å². The van der Waals surface area contributed by atoms with Crippen LogP contribution in [0.1, 0.15) is 30.9 Å². The number of ether oxygens (including phenoxy) is 2. The van der Waals surface area contributed by atoms with Crippen molar-refractivity contribution in [1.29, 1.82) is 5.26 Å². The van der Waals surface area contributed by atoms with Crippen molar-refractivity contribution in [3.05, 3.63) is 35.5 Å². The molecular weight excluding hydrogens is 284 g/mol. The van der Waals surface area contributed by atoms with E-state index in [1.165, 1.54) is 0 Å². The Bertz CT molecular complexity index is 724. The summed E-state index contributed by atoms with van der Waals surface area (Å²) in [6, 6.07) is 7.06. The van der Waals surface area contributed by atoms with Crippen LogP contribution in [-0.4, -0.2) is 30.1 Å². The van der Waals surface area contributed by atoms with Crippen LogP contribution < -0.4 is 0 Å². The lowest BCUT2D eigenvalue weighted by Gasteiger charge is -2.13. The number of carbonyl (C=O) groups is 2. The molecule has 2 aromatic rings. The van der Waals surface area contributed by atoms with E-state index in [0.717, 1.165) is 5.52 Å². The maximum absolute atomic E-state index is 12.2. The summed E-state index contributed by atoms with van der Waals surface area (Å²) in [5.41, 5.74) is 1.62. The molecule has 1 aromatic carbocycles. The number of fused-ring (bicyclic) bond motifs is 1. The van der Waals surface area contributed by atoms with Crippen LogP contribution in [0.5, 0.6) is 0 Å². The van der Waals surface area contributed by atoms with E-state index >= 15 is 0 Å². The Labute approximate surface area is 127 Å². The summed E-state index contributed by atoms with van der Waals surface area (Å²) in [6.45, 7) is 3.67. The van der Waals surface area contributed by atoms with Gasteiger partial charge >= 0.3 is 11.9 Å². The lowest BCUT2D eigenvalue weighted by atomic mass is 9.98. The summed E-state index contributed by atoms with van der Waals surface area (Å²) in [5, 5.41) is 9.64. The zero-order valence-corrected chi connectivity index (χ0v) is 12.4. The van der Waals surface area contributed by atoms with Crippen molar-refractivity contribution in [2.75, 3.05) is 13.2 Å². The van der Waals surface area contributed by atoms with Gasteiger partial charge in [0.1, 0.15) is 0 Å². The topological polar surface area (TPSA) is 92.2 Å². The highest BCUT2D eigenvalue weighted by Crippen LogP contribution is 2.28. The Kier molecular flexibility index (Phi) is 4.79. The van der Waals surface area contributed by atoms with E-state index in [4.69, 9.17) is 14.7 Å². The van der Waals surface area contributed by atoms with E-state index in [1.807, 2.05) is 6.07 Å². The molecule has 0 amide bonds. The van der Waals surface area contributed by atoms with E-state index in [2.05, 4.69) is 4.98 Å². The Morgan fingerprint density at radius 2 is 1.86 bits per heavy atom. The number of hydrogen-bond acceptors (Lipinski definition) is 5. The van der Waals surface area contributed by atoms with Crippen molar-refractivity contribution < 1.29 is 19.1 Å². The van der Waals surface area contributed by atoms with Gasteiger partial charge in [-0.2, -0.15) is 5.26 Å². The molecule has 0 aliphatic rings. The van der Waals surface area contributed by atoms with E-state index in [-0.39, 0.29) is 13.2 Å². The number of nitrogens with one attached hydrogen (secondary N) is 1. The summed E-state index contributed by atoms with van der Waals surface area (Å²) in [6.07, 6.45) is 1.57. The molecule has 1 N–H and O–H groups in total. The lowest BCUT2D eigenvalue weighted by molar-refractivity contribution is -0.156. The number of aromatic amines is 1. The monoisotopic (exact) mass is 300 g/mol. The third-order valence-corrected chi connectivity index (χ3v) is 3.20. The predicted octanol–water partition coefficient (Wildman–Crippen LogP) is 2.25. The highest BCUT2D eigenvalue weighted by Gasteiger charge is 2.33. The van der Waals surface area contributed by atoms with Crippen molar-refractivity contribution in [1.82, 2.24) is 4.98 Å². The summed E-state index contributed by atoms with van der Waals surface area (Å²) < 4.78 is 9.96. The highest BCUT2D eigenvalue weighted by atomic mass is 16.6. The normalized spacial score (nSPS) is 10.5. The van der Waals surface area contributed by atoms with Crippen LogP contribution >= 0.6 is 0 Å². The summed E-state index contributed by atoms with van der Waals surface area (Å²) in [5.74, 6) is -2.49. The van der Waals surface area contributed by atoms with E-state index in [0.29, 0.717) is 16.5 Å². The fourth-order valence-corrected chi connectivity index (χ4v) is 2.25. The van der Waals surface area contributed by atoms with Gasteiger partial charge in [0.05, 0.1) is 24.8 Å². The van der Waals surface area contributed by atoms with Crippen LogP contribution in [0.15, 0.2) is 24.4 Å². The number of rotatable bonds is 5. The first kappa shape index (κ1) is 15.6. The first-order valence-corrected chi connectivity index (χ1v) is 6.96. The minimum Gasteiger partial charge on any atom is -0.465 e. The molecule has 1 heterocycles. The molecule has 0 atom stereocenters. The highest BCUT2D eigenvalue weighted by molar-refractivity contribution is 6.04. The van der Waals surface area contributed by atoms with Crippen LogP contribution in [0.2, 0.25) is 0 Å². The number of nitriles is 1. The zero-order valence-electron chi connectivity index (χ0n) is 12.4. The van der Waals surface area contributed by atoms with Gasteiger partial charge in [0, 0.05) is 22.7 Å². The molecule has 0 saturated heterocycles. The minimum atomic E-state index is -1.16. The van der Waals surface area contributed by atoms with Crippen LogP contribution in [0.25, 0.3) is 10.9 Å². The lowest BCUT2D eigenvalue weighted by Crippen LogP contribution is -2.26. The van der Waals surface area contributed by atoms with Crippen molar-refractivity contribution in [3.8, 4) is 6.07 Å². The van der Waals surface area contributed by atoms with E-state index in [1.54, 1.807) is 38.2 Å². The van der Waals surface area contributed by atoms with Crippen molar-refractivity contribution >= 4 is 22.8 Å². The molecule has 0 bridgehead atoms. The Morgan fingerprint density at radius 1 is 1.23 bits per heavy atom. The first-order chi connectivity index (χ1) is 10.6. The number of nitrogens with zero attached hydrogens (tertiary/aromatic N) is 1. The molecule has 0 radical (unpaired) electrons. The quantitative estimate of drug-likeness (QED) is 0.675. The van der Waals surface area contributed by atoms with Crippen LogP contribution in [0, 0.1) is 11.3 Å². The maximum Gasteiger partial charge on any atom is 0.324 e. The first-order valence-electron chi connectivity index (χ1n) is 6.96. The average molecular weight is 300 g/mol. The van der Waals surface area contributed by atoms with Gasteiger partial charge < -0.3 is 14.5 Å². The second-order valence-electron chi connectivity index (χ2n) is 4.55. The molecule has 0 saturated carbocycles. The number of benzene rings is 1. The number of hydrogen-bond donors (Lipinski definition) is 1. The largest absolute Gasteiger partial charge is 0.465 e. The molecule has 114 valence electrons. The number of H-pyrrole nitrogens is 1. The molecule has 1 aromatic heterocycles. The predicted molar refractivity (Wildman–Crippen MR) is 79.0 cm³/mol. The Hall–Kier alpha value is -2.81. The molecule has 22 heavy (non-hydrogen) atoms. The SMILES string of the molecule is CCOC(=O)C(C(=O)OCC)c1c[nH]c2ccc(C#N)cc12. The molecule has 0 fully saturated rings. The zero-order chi connectivity index (χ0) is 16.1. The van der Waals surface area contributed by atoms with E-state index < -0.39 is 17.9 Å². The van der Waals surface area contributed by atoms with Gasteiger partial charge in [-0.1, -0.05) is 0 Å². The van der Waals surface area contributed by atoms with Gasteiger partial charge in [0.2, 0.25) is 0 Å². The summed E-state index contributed by atoms with van der Waals surface area (Å²) in [4.78, 5) is 27.3. The number of carbonyl (C=O) groups excluding carboxylic acids is 2. The molecule has 0 unspecified atom stereocenters. The fourth-order valence-electron chi connectivity index (χ4n) is 2.25. The summed E-state index contributed by atoms with van der Waals surface area (Å²) >= 11 is 0. The van der Waals surface area contributed by atoms with Gasteiger partial charge in [-0.3, -0.25) is 9.59 Å². The molecule has 0 spiro atoms. The van der Waals surface area contributed by atoms with Crippen LogP contribution in [0.3, 0.4) is 0 Å². The van der Waals surface area contributed by atoms with Gasteiger partial charge in [-0.25, -0.2) is 0 Å². The minimum absolute atomic E-state index is 0.167. The van der Waals surface area contributed by atoms with Gasteiger partial charge in [-0.05, 0) is 32.0 Å². The Morgan fingerprint density at radius 3 is 2.41 bits per heavy atom. The number of aromatic nitrogens is 1. The third-order valence-electron chi connectivity index (χ3n) is 3.20. The summed E-state index contributed by atoms with van der Waals surface area (Å²) in [7, 11) is 0. The molecule has 0 aliphatic heterocycles. The second-order valence-corrected chi connectivity index (χ2v) is 4.55. The molecular formula is C16H16N2O4. The van der Waals surface area contributed by atoms with Gasteiger partial charge in [-0.15, -0.1) is 0 Å². The van der Waals surface area contributed by atoms with E-state index in [9.17, 15) is 9.59 Å². The van der Waals surface area contributed by atoms with Crippen LogP contribution in [0.4, 0.5) is 0 Å². The maximum atomic E-state index is 12.2. The van der Waals surface area contributed by atoms with Crippen LogP contribution in [-0.2, 0) is 19.1 Å². The fraction of sp³-hybridized carbons (Fsp3) is 0.312. The third kappa shape index (κ3) is 2.93. The second kappa shape index (κ2) is 6.76. The van der Waals surface area contributed by atoms with Crippen molar-refractivity contribution in [2.24, 2.45) is 0 Å². The smallest absolute Gasteiger partial charge is 0.324 e. The average Bonchev–Trinajstić information content (AvgIpc) is 2.91. The van der Waals surface area contributed by atoms with Gasteiger partial charge in [0.15, 0.2) is 5.92 Å².